The summed E-state index contributed by atoms with van der Waals surface area (Å²) in [6.07, 6.45) is -4.18. The maximum atomic E-state index is 12.8. The van der Waals surface area contributed by atoms with Gasteiger partial charge in [-0.05, 0) is 36.8 Å². The third-order valence-electron chi connectivity index (χ3n) is 4.51. The van der Waals surface area contributed by atoms with E-state index in [1.165, 1.54) is 0 Å². The summed E-state index contributed by atoms with van der Waals surface area (Å²) in [6.45, 7) is 0. The van der Waals surface area contributed by atoms with Crippen molar-refractivity contribution >= 4 is 28.9 Å². The molecule has 0 fully saturated rings. The number of rotatable bonds is 5. The van der Waals surface area contributed by atoms with Crippen molar-refractivity contribution in [2.45, 2.75) is 25.4 Å². The predicted octanol–water partition coefficient (Wildman–Crippen LogP) is 5.81. The van der Waals surface area contributed by atoms with Gasteiger partial charge >= 0.3 is 6.18 Å². The quantitative estimate of drug-likeness (QED) is 0.264. The Morgan fingerprint density at radius 1 is 1.16 bits per heavy atom. The molecule has 0 aliphatic heterocycles. The van der Waals surface area contributed by atoms with Gasteiger partial charge < -0.3 is 9.84 Å². The first-order valence-electron chi connectivity index (χ1n) is 8.82. The van der Waals surface area contributed by atoms with Crippen LogP contribution >= 0.6 is 11.6 Å². The van der Waals surface area contributed by atoms with Gasteiger partial charge in [0.1, 0.15) is 28.4 Å². The topological polar surface area (TPSA) is 107 Å². The summed E-state index contributed by atoms with van der Waals surface area (Å²) in [6, 6.07) is 5.40. The van der Waals surface area contributed by atoms with E-state index in [1.807, 2.05) is 0 Å². The molecule has 0 radical (unpaired) electrons. The fourth-order valence-electron chi connectivity index (χ4n) is 3.03. The van der Waals surface area contributed by atoms with Crippen molar-refractivity contribution in [3.8, 4) is 11.5 Å². The SMILES string of the molecule is O=C1CCCC(O)=C1C(=O)c1cc(Oc2ccc(C(F)(F)F)cc2Cl)ccc1[N+](=O)[O-]. The van der Waals surface area contributed by atoms with Gasteiger partial charge in [-0.3, -0.25) is 19.7 Å². The second kappa shape index (κ2) is 8.38. The summed E-state index contributed by atoms with van der Waals surface area (Å²) in [5.74, 6) is -2.46. The van der Waals surface area contributed by atoms with Crippen molar-refractivity contribution in [3.63, 3.8) is 0 Å². The Kier molecular flexibility index (Phi) is 6.03. The van der Waals surface area contributed by atoms with Gasteiger partial charge in [-0.15, -0.1) is 0 Å². The molecule has 0 saturated carbocycles. The zero-order valence-electron chi connectivity index (χ0n) is 15.5. The molecule has 7 nitrogen and oxygen atoms in total. The summed E-state index contributed by atoms with van der Waals surface area (Å²) in [5, 5.41) is 20.9. The summed E-state index contributed by atoms with van der Waals surface area (Å²) < 4.78 is 43.7. The van der Waals surface area contributed by atoms with E-state index in [0.717, 1.165) is 30.3 Å². The van der Waals surface area contributed by atoms with E-state index in [1.54, 1.807) is 0 Å². The molecule has 0 atom stereocenters. The molecule has 0 unspecified atom stereocenters. The van der Waals surface area contributed by atoms with Crippen LogP contribution in [0.1, 0.15) is 35.2 Å². The number of benzene rings is 2. The molecule has 0 saturated heterocycles. The molecule has 2 aromatic carbocycles. The minimum Gasteiger partial charge on any atom is -0.511 e. The lowest BCUT2D eigenvalue weighted by Gasteiger charge is -2.15. The van der Waals surface area contributed by atoms with Gasteiger partial charge in [0.25, 0.3) is 5.69 Å². The van der Waals surface area contributed by atoms with Crippen molar-refractivity contribution in [2.24, 2.45) is 0 Å². The number of nitro groups is 1. The Labute approximate surface area is 177 Å². The third-order valence-corrected chi connectivity index (χ3v) is 4.80. The predicted molar refractivity (Wildman–Crippen MR) is 102 cm³/mol. The maximum absolute atomic E-state index is 12.8. The maximum Gasteiger partial charge on any atom is 0.416 e. The Balaban J connectivity index is 2.01. The first kappa shape index (κ1) is 22.3. The van der Waals surface area contributed by atoms with Crippen LogP contribution in [0, 0.1) is 10.1 Å². The molecule has 0 amide bonds. The Bertz CT molecular complexity index is 1130. The lowest BCUT2D eigenvalue weighted by Crippen LogP contribution is -2.20. The van der Waals surface area contributed by atoms with Crippen LogP contribution in [0.5, 0.6) is 11.5 Å². The molecule has 162 valence electrons. The Morgan fingerprint density at radius 3 is 2.45 bits per heavy atom. The second-order valence-corrected chi connectivity index (χ2v) is 7.02. The Hall–Kier alpha value is -3.40. The van der Waals surface area contributed by atoms with Crippen molar-refractivity contribution in [3.05, 3.63) is 74.0 Å². The van der Waals surface area contributed by atoms with Crippen LogP contribution in [0.2, 0.25) is 5.02 Å². The number of allylic oxidation sites excluding steroid dienone is 2. The fraction of sp³-hybridized carbons (Fsp3) is 0.200. The van der Waals surface area contributed by atoms with Gasteiger partial charge in [-0.1, -0.05) is 11.6 Å². The molecule has 1 N–H and O–H groups in total. The van der Waals surface area contributed by atoms with Crippen molar-refractivity contribution < 1.29 is 37.5 Å². The van der Waals surface area contributed by atoms with E-state index in [0.29, 0.717) is 12.5 Å². The number of ether oxygens (including phenoxy) is 1. The monoisotopic (exact) mass is 455 g/mol. The minimum atomic E-state index is -4.61. The molecular formula is C20H13ClF3NO6. The molecule has 0 heterocycles. The van der Waals surface area contributed by atoms with Gasteiger partial charge in [-0.25, -0.2) is 0 Å². The minimum absolute atomic E-state index is 0.0102. The summed E-state index contributed by atoms with van der Waals surface area (Å²) >= 11 is 5.84. The molecule has 1 aliphatic carbocycles. The van der Waals surface area contributed by atoms with Crippen molar-refractivity contribution in [1.82, 2.24) is 0 Å². The normalized spacial score (nSPS) is 14.5. The van der Waals surface area contributed by atoms with E-state index in [-0.39, 0.29) is 29.4 Å². The summed E-state index contributed by atoms with van der Waals surface area (Å²) in [4.78, 5) is 35.4. The first-order chi connectivity index (χ1) is 14.5. The lowest BCUT2D eigenvalue weighted by molar-refractivity contribution is -0.385. The van der Waals surface area contributed by atoms with Gasteiger partial charge in [0.05, 0.1) is 15.5 Å². The summed E-state index contributed by atoms with van der Waals surface area (Å²) in [5.41, 5.74) is -2.67. The highest BCUT2D eigenvalue weighted by Crippen LogP contribution is 2.37. The van der Waals surface area contributed by atoms with Gasteiger partial charge in [-0.2, -0.15) is 13.2 Å². The fourth-order valence-corrected chi connectivity index (χ4v) is 3.25. The number of aliphatic hydroxyl groups excluding tert-OH is 1. The highest BCUT2D eigenvalue weighted by molar-refractivity contribution is 6.32. The van der Waals surface area contributed by atoms with Crippen LogP contribution < -0.4 is 4.74 Å². The standard InChI is InChI=1S/C20H13ClF3NO6/c21-13-8-10(20(22,23)24)4-7-17(13)31-11-5-6-14(25(29)30)12(9-11)19(28)18-15(26)2-1-3-16(18)27/h4-9,26H,1-3H2. The van der Waals surface area contributed by atoms with Crippen LogP contribution in [0.3, 0.4) is 0 Å². The number of carbonyl (C=O) groups is 2. The van der Waals surface area contributed by atoms with Crippen LogP contribution in [-0.2, 0) is 11.0 Å². The van der Waals surface area contributed by atoms with Crippen molar-refractivity contribution in [1.29, 1.82) is 0 Å². The second-order valence-electron chi connectivity index (χ2n) is 6.61. The Morgan fingerprint density at radius 2 is 1.87 bits per heavy atom. The average Bonchev–Trinajstić information content (AvgIpc) is 2.68. The number of Topliss-reactive ketones (excluding diaryl/α,β-unsaturated/α-hetero) is 2. The van der Waals surface area contributed by atoms with Gasteiger partial charge in [0.15, 0.2) is 5.78 Å². The zero-order valence-corrected chi connectivity index (χ0v) is 16.3. The number of carbonyl (C=O) groups excluding carboxylic acids is 2. The van der Waals surface area contributed by atoms with Crippen molar-refractivity contribution in [2.75, 3.05) is 0 Å². The van der Waals surface area contributed by atoms with Crippen LogP contribution in [0.4, 0.5) is 18.9 Å². The molecule has 0 spiro atoms. The number of hydrogen-bond acceptors (Lipinski definition) is 6. The highest BCUT2D eigenvalue weighted by atomic mass is 35.5. The van der Waals surface area contributed by atoms with E-state index in [9.17, 15) is 38.0 Å². The molecule has 3 rings (SSSR count). The number of aliphatic hydroxyl groups is 1. The number of ketones is 2. The van der Waals surface area contributed by atoms with Gasteiger partial charge in [0.2, 0.25) is 5.78 Å². The molecule has 1 aliphatic rings. The smallest absolute Gasteiger partial charge is 0.416 e. The largest absolute Gasteiger partial charge is 0.511 e. The van der Waals surface area contributed by atoms with E-state index >= 15 is 0 Å². The summed E-state index contributed by atoms with van der Waals surface area (Å²) in [7, 11) is 0. The number of hydrogen-bond donors (Lipinski definition) is 1. The third kappa shape index (κ3) is 4.69. The number of nitro benzene ring substituents is 1. The van der Waals surface area contributed by atoms with E-state index in [4.69, 9.17) is 16.3 Å². The zero-order chi connectivity index (χ0) is 22.9. The molecule has 31 heavy (non-hydrogen) atoms. The first-order valence-corrected chi connectivity index (χ1v) is 9.20. The molecule has 11 heteroatoms. The number of halogens is 4. The molecule has 2 aromatic rings. The van der Waals surface area contributed by atoms with Crippen LogP contribution in [-0.4, -0.2) is 21.6 Å². The number of alkyl halides is 3. The van der Waals surface area contributed by atoms with Crippen LogP contribution in [0.25, 0.3) is 0 Å². The van der Waals surface area contributed by atoms with Crippen LogP contribution in [0.15, 0.2) is 47.7 Å². The highest BCUT2D eigenvalue weighted by Gasteiger charge is 2.33. The molecule has 0 aromatic heterocycles. The number of nitrogens with zero attached hydrogens (tertiary/aromatic N) is 1. The molecular weight excluding hydrogens is 443 g/mol. The van der Waals surface area contributed by atoms with E-state index in [2.05, 4.69) is 0 Å². The van der Waals surface area contributed by atoms with Gasteiger partial charge in [0, 0.05) is 18.9 Å². The average molecular weight is 456 g/mol. The molecule has 0 bridgehead atoms. The lowest BCUT2D eigenvalue weighted by atomic mass is 9.90. The van der Waals surface area contributed by atoms with E-state index < -0.39 is 50.8 Å².